The second-order valence-corrected chi connectivity index (χ2v) is 5.21. The number of hydrogen-bond donors (Lipinski definition) is 1. The fraction of sp³-hybridized carbons (Fsp3) is 0.231. The van der Waals surface area contributed by atoms with Crippen LogP contribution in [0.25, 0.3) is 0 Å². The van der Waals surface area contributed by atoms with Crippen molar-refractivity contribution in [3.05, 3.63) is 55.8 Å². The van der Waals surface area contributed by atoms with Gasteiger partial charge in [0.25, 0.3) is 5.69 Å². The third-order valence-corrected chi connectivity index (χ3v) is 3.92. The van der Waals surface area contributed by atoms with Gasteiger partial charge in [0.1, 0.15) is 5.15 Å². The second kappa shape index (κ2) is 5.73. The number of nitrogens with zero attached hydrogens (tertiary/aromatic N) is 2. The molecule has 0 radical (unpaired) electrons. The zero-order chi connectivity index (χ0) is 14.9. The van der Waals surface area contributed by atoms with Crippen LogP contribution < -0.4 is 5.32 Å². The van der Waals surface area contributed by atoms with E-state index in [9.17, 15) is 10.1 Å². The van der Waals surface area contributed by atoms with E-state index < -0.39 is 4.92 Å². The molecule has 0 aliphatic rings. The summed E-state index contributed by atoms with van der Waals surface area (Å²) >= 11 is 11.9. The molecule has 0 saturated heterocycles. The lowest BCUT2D eigenvalue weighted by molar-refractivity contribution is -0.385. The monoisotopic (exact) mass is 313 g/mol. The first-order chi connectivity index (χ1) is 9.40. The minimum Gasteiger partial charge on any atom is -0.379 e. The Bertz CT molecular complexity index is 668. The first-order valence-electron chi connectivity index (χ1n) is 5.88. The Kier molecular flexibility index (Phi) is 4.20. The molecule has 0 aliphatic heterocycles. The zero-order valence-electron chi connectivity index (χ0n) is 11.0. The van der Waals surface area contributed by atoms with Crippen molar-refractivity contribution in [2.75, 3.05) is 5.32 Å². The smallest absolute Gasteiger partial charge is 0.272 e. The number of halogens is 2. The highest BCUT2D eigenvalue weighted by atomic mass is 35.5. The normalized spacial score (nSPS) is 10.6. The quantitative estimate of drug-likeness (QED) is 0.681. The van der Waals surface area contributed by atoms with Gasteiger partial charge in [-0.3, -0.25) is 10.1 Å². The molecule has 1 aromatic carbocycles. The van der Waals surface area contributed by atoms with Gasteiger partial charge in [-0.25, -0.2) is 0 Å². The van der Waals surface area contributed by atoms with Crippen LogP contribution in [0.15, 0.2) is 24.3 Å². The number of benzene rings is 1. The largest absolute Gasteiger partial charge is 0.379 e. The Morgan fingerprint density at radius 1 is 1.35 bits per heavy atom. The fourth-order valence-corrected chi connectivity index (χ4v) is 2.34. The number of hydrogen-bond acceptors (Lipinski definition) is 3. The van der Waals surface area contributed by atoms with E-state index in [4.69, 9.17) is 23.2 Å². The summed E-state index contributed by atoms with van der Waals surface area (Å²) in [6.45, 7) is 2.24. The lowest BCUT2D eigenvalue weighted by Gasteiger charge is -2.08. The molecule has 2 aromatic rings. The van der Waals surface area contributed by atoms with Gasteiger partial charge in [-0.05, 0) is 25.1 Å². The molecule has 0 aliphatic carbocycles. The molecule has 7 heteroatoms. The van der Waals surface area contributed by atoms with Crippen molar-refractivity contribution in [1.29, 1.82) is 0 Å². The summed E-state index contributed by atoms with van der Waals surface area (Å²) in [6.07, 6.45) is 0. The molecular formula is C13H13Cl2N3O2. The number of nitro groups is 1. The van der Waals surface area contributed by atoms with Gasteiger partial charge in [-0.1, -0.05) is 23.2 Å². The third-order valence-electron chi connectivity index (χ3n) is 3.08. The van der Waals surface area contributed by atoms with Gasteiger partial charge in [0.15, 0.2) is 0 Å². The van der Waals surface area contributed by atoms with Gasteiger partial charge in [0, 0.05) is 30.1 Å². The maximum Gasteiger partial charge on any atom is 0.272 e. The lowest BCUT2D eigenvalue weighted by atomic mass is 10.2. The average Bonchev–Trinajstić information content (AvgIpc) is 2.63. The van der Waals surface area contributed by atoms with Crippen molar-refractivity contribution in [3.8, 4) is 0 Å². The number of rotatable bonds is 4. The average molecular weight is 314 g/mol. The third kappa shape index (κ3) is 2.89. The number of nitro benzene ring substituents is 1. The van der Waals surface area contributed by atoms with E-state index >= 15 is 0 Å². The Labute approximate surface area is 126 Å². The molecule has 2 rings (SSSR count). The van der Waals surface area contributed by atoms with Crippen molar-refractivity contribution in [3.63, 3.8) is 0 Å². The predicted octanol–water partition coefficient (Wildman–Crippen LogP) is 4.16. The molecule has 1 heterocycles. The summed E-state index contributed by atoms with van der Waals surface area (Å²) in [5.41, 5.74) is 2.46. The molecule has 106 valence electrons. The standard InChI is InChI=1S/C13H13Cl2N3O2/c1-8-5-9(3-4-12(8)18(19)20)16-7-10-6-11(14)13(15)17(10)2/h3-6,16H,7H2,1-2H3. The van der Waals surface area contributed by atoms with Gasteiger partial charge in [0.05, 0.1) is 16.5 Å². The van der Waals surface area contributed by atoms with Gasteiger partial charge < -0.3 is 9.88 Å². The summed E-state index contributed by atoms with van der Waals surface area (Å²) in [4.78, 5) is 10.4. The van der Waals surface area contributed by atoms with Crippen LogP contribution in [0.2, 0.25) is 10.2 Å². The van der Waals surface area contributed by atoms with Gasteiger partial charge in [0.2, 0.25) is 0 Å². The molecule has 0 fully saturated rings. The highest BCUT2D eigenvalue weighted by molar-refractivity contribution is 6.41. The Morgan fingerprint density at radius 2 is 2.05 bits per heavy atom. The van der Waals surface area contributed by atoms with Crippen molar-refractivity contribution in [2.45, 2.75) is 13.5 Å². The van der Waals surface area contributed by atoms with Crippen molar-refractivity contribution in [2.24, 2.45) is 7.05 Å². The van der Waals surface area contributed by atoms with Crippen molar-refractivity contribution in [1.82, 2.24) is 4.57 Å². The summed E-state index contributed by atoms with van der Waals surface area (Å²) in [5, 5.41) is 14.9. The highest BCUT2D eigenvalue weighted by Gasteiger charge is 2.11. The van der Waals surface area contributed by atoms with Gasteiger partial charge in [-0.2, -0.15) is 0 Å². The predicted molar refractivity (Wildman–Crippen MR) is 80.6 cm³/mol. The van der Waals surface area contributed by atoms with Crippen LogP contribution in [0.3, 0.4) is 0 Å². The van der Waals surface area contributed by atoms with Crippen LogP contribution in [-0.2, 0) is 13.6 Å². The van der Waals surface area contributed by atoms with Crippen LogP contribution >= 0.6 is 23.2 Å². The number of nitrogens with one attached hydrogen (secondary N) is 1. The van der Waals surface area contributed by atoms with Crippen LogP contribution in [0.5, 0.6) is 0 Å². The van der Waals surface area contributed by atoms with E-state index in [-0.39, 0.29) is 5.69 Å². The van der Waals surface area contributed by atoms with E-state index in [2.05, 4.69) is 5.32 Å². The maximum atomic E-state index is 10.7. The van der Waals surface area contributed by atoms with Crippen LogP contribution in [0.1, 0.15) is 11.3 Å². The molecule has 1 N–H and O–H groups in total. The fourth-order valence-electron chi connectivity index (χ4n) is 1.92. The van der Waals surface area contributed by atoms with Gasteiger partial charge in [-0.15, -0.1) is 0 Å². The molecule has 0 amide bonds. The maximum absolute atomic E-state index is 10.7. The first kappa shape index (κ1) is 14.7. The Morgan fingerprint density at radius 3 is 2.55 bits per heavy atom. The Hall–Kier alpha value is -1.72. The minimum atomic E-state index is -0.393. The minimum absolute atomic E-state index is 0.112. The number of aryl methyl sites for hydroxylation is 1. The van der Waals surface area contributed by atoms with Crippen molar-refractivity contribution < 1.29 is 4.92 Å². The molecule has 0 atom stereocenters. The number of anilines is 1. The van der Waals surface area contributed by atoms with E-state index in [1.807, 2.05) is 7.05 Å². The van der Waals surface area contributed by atoms with E-state index in [1.54, 1.807) is 29.7 Å². The Balaban J connectivity index is 2.13. The molecule has 0 bridgehead atoms. The van der Waals surface area contributed by atoms with E-state index in [0.29, 0.717) is 22.3 Å². The van der Waals surface area contributed by atoms with E-state index in [1.165, 1.54) is 6.07 Å². The van der Waals surface area contributed by atoms with Gasteiger partial charge >= 0.3 is 0 Å². The lowest BCUT2D eigenvalue weighted by Crippen LogP contribution is -2.05. The topological polar surface area (TPSA) is 60.1 Å². The van der Waals surface area contributed by atoms with Crippen LogP contribution in [-0.4, -0.2) is 9.49 Å². The highest BCUT2D eigenvalue weighted by Crippen LogP contribution is 2.26. The molecule has 1 aromatic heterocycles. The van der Waals surface area contributed by atoms with E-state index in [0.717, 1.165) is 11.4 Å². The summed E-state index contributed by atoms with van der Waals surface area (Å²) < 4.78 is 1.79. The van der Waals surface area contributed by atoms with Crippen LogP contribution in [0, 0.1) is 17.0 Å². The molecular weight excluding hydrogens is 301 g/mol. The molecule has 5 nitrogen and oxygen atoms in total. The molecule has 20 heavy (non-hydrogen) atoms. The SMILES string of the molecule is Cc1cc(NCc2cc(Cl)c(Cl)n2C)ccc1[N+](=O)[O-]. The number of aromatic nitrogens is 1. The summed E-state index contributed by atoms with van der Waals surface area (Å²) in [7, 11) is 1.83. The summed E-state index contributed by atoms with van der Waals surface area (Å²) in [6, 6.07) is 6.69. The van der Waals surface area contributed by atoms with Crippen molar-refractivity contribution >= 4 is 34.6 Å². The second-order valence-electron chi connectivity index (χ2n) is 4.45. The zero-order valence-corrected chi connectivity index (χ0v) is 12.5. The summed E-state index contributed by atoms with van der Waals surface area (Å²) in [5.74, 6) is 0. The molecule has 0 saturated carbocycles. The molecule has 0 spiro atoms. The molecule has 0 unspecified atom stereocenters. The first-order valence-corrected chi connectivity index (χ1v) is 6.64. The van der Waals surface area contributed by atoms with Crippen LogP contribution in [0.4, 0.5) is 11.4 Å².